The highest BCUT2D eigenvalue weighted by molar-refractivity contribution is 5.82. The number of unbranched alkanes of at least 4 members (excludes halogenated alkanes) is 3. The van der Waals surface area contributed by atoms with Crippen LogP contribution in [0.15, 0.2) is 42.5 Å². The smallest absolute Gasteiger partial charge is 0.198 e. The van der Waals surface area contributed by atoms with Gasteiger partial charge in [-0.1, -0.05) is 48.9 Å². The number of fused-ring (bicyclic) bond motifs is 1. The van der Waals surface area contributed by atoms with Gasteiger partial charge in [-0.25, -0.2) is 0 Å². The molecule has 0 aromatic heterocycles. The molecule has 0 fully saturated rings. The fourth-order valence-electron chi connectivity index (χ4n) is 2.10. The Morgan fingerprint density at radius 2 is 1.71 bits per heavy atom. The molecule has 0 aliphatic heterocycles. The van der Waals surface area contributed by atoms with Gasteiger partial charge in [0.05, 0.1) is 0 Å². The molecule has 0 saturated carbocycles. The van der Waals surface area contributed by atoms with Gasteiger partial charge in [0.2, 0.25) is 0 Å². The van der Waals surface area contributed by atoms with E-state index in [0.717, 1.165) is 25.7 Å². The van der Waals surface area contributed by atoms with Crippen LogP contribution >= 0.6 is 0 Å². The third kappa shape index (κ3) is 3.42. The summed E-state index contributed by atoms with van der Waals surface area (Å²) in [6.45, 7) is 0. The Morgan fingerprint density at radius 3 is 2.53 bits per heavy atom. The minimum Gasteiger partial charge on any atom is -0.291 e. The predicted molar refractivity (Wildman–Crippen MR) is 71.8 cm³/mol. The van der Waals surface area contributed by atoms with Gasteiger partial charge in [0.15, 0.2) is 6.29 Å². The maximum Gasteiger partial charge on any atom is 0.198 e. The quantitative estimate of drug-likeness (QED) is 0.678. The molecule has 1 nitrogen and oxygen atoms in total. The second-order valence-electron chi connectivity index (χ2n) is 4.39. The average molecular weight is 225 g/mol. The van der Waals surface area contributed by atoms with Crippen molar-refractivity contribution < 1.29 is 4.79 Å². The van der Waals surface area contributed by atoms with Crippen molar-refractivity contribution >= 4 is 17.1 Å². The van der Waals surface area contributed by atoms with Crippen molar-refractivity contribution in [1.29, 1.82) is 0 Å². The summed E-state index contributed by atoms with van der Waals surface area (Å²) >= 11 is 0. The molecule has 2 rings (SSSR count). The zero-order chi connectivity index (χ0) is 11.9. The molecule has 2 aromatic carbocycles. The first-order chi connectivity index (χ1) is 8.40. The zero-order valence-electron chi connectivity index (χ0n) is 9.99. The van der Waals surface area contributed by atoms with Crippen molar-refractivity contribution in [3.8, 4) is 0 Å². The van der Waals surface area contributed by atoms with Crippen molar-refractivity contribution in [2.45, 2.75) is 32.1 Å². The molecule has 17 heavy (non-hydrogen) atoms. The van der Waals surface area contributed by atoms with Gasteiger partial charge in [0.1, 0.15) is 0 Å². The van der Waals surface area contributed by atoms with Gasteiger partial charge in [-0.2, -0.15) is 0 Å². The van der Waals surface area contributed by atoms with Crippen LogP contribution in [0.1, 0.15) is 31.2 Å². The molecule has 0 aliphatic rings. The number of aryl methyl sites for hydroxylation is 1. The van der Waals surface area contributed by atoms with E-state index >= 15 is 0 Å². The lowest BCUT2D eigenvalue weighted by molar-refractivity contribution is 0.545. The van der Waals surface area contributed by atoms with Gasteiger partial charge < -0.3 is 0 Å². The highest BCUT2D eigenvalue weighted by Gasteiger charge is 1.96. The number of carbonyl (C=O) groups excluding carboxylic acids is 1. The second kappa shape index (κ2) is 6.19. The van der Waals surface area contributed by atoms with E-state index < -0.39 is 0 Å². The van der Waals surface area contributed by atoms with Crippen molar-refractivity contribution in [3.05, 3.63) is 48.0 Å². The van der Waals surface area contributed by atoms with Crippen LogP contribution in [-0.4, -0.2) is 6.29 Å². The largest absolute Gasteiger partial charge is 0.291 e. The van der Waals surface area contributed by atoms with Gasteiger partial charge in [-0.3, -0.25) is 4.79 Å². The van der Waals surface area contributed by atoms with Crippen LogP contribution in [0, 0.1) is 0 Å². The molecule has 0 N–H and O–H groups in total. The number of benzene rings is 2. The Bertz CT molecular complexity index is 488. The Kier molecular flexibility index (Phi) is 4.31. The normalized spacial score (nSPS) is 10.6. The van der Waals surface area contributed by atoms with Crippen molar-refractivity contribution in [1.82, 2.24) is 0 Å². The van der Waals surface area contributed by atoms with Crippen LogP contribution in [0.2, 0.25) is 0 Å². The lowest BCUT2D eigenvalue weighted by Crippen LogP contribution is -1.86. The lowest BCUT2D eigenvalue weighted by atomic mass is 10.0. The zero-order valence-corrected chi connectivity index (χ0v) is 9.99. The molecule has 1 heteroatoms. The first-order valence-electron chi connectivity index (χ1n) is 6.23. The average Bonchev–Trinajstić information content (AvgIpc) is 2.38. The monoisotopic (exact) mass is 225 g/mol. The minimum atomic E-state index is 0.581. The van der Waals surface area contributed by atoms with Crippen LogP contribution in [0.25, 0.3) is 10.8 Å². The van der Waals surface area contributed by atoms with E-state index in [1.54, 1.807) is 0 Å². The third-order valence-electron chi connectivity index (χ3n) is 3.06. The van der Waals surface area contributed by atoms with E-state index in [4.69, 9.17) is 0 Å². The summed E-state index contributed by atoms with van der Waals surface area (Å²) < 4.78 is 0. The standard InChI is InChI=1S/C16H17O/c17-12-6-2-1-3-7-14-10-11-15-8-4-5-9-16(15)13-14/h4-5,8-11,13H,1-3,6-7H2. The van der Waals surface area contributed by atoms with Crippen molar-refractivity contribution in [2.24, 2.45) is 0 Å². The van der Waals surface area contributed by atoms with Gasteiger partial charge in [-0.05, 0) is 35.6 Å². The molecule has 0 amide bonds. The molecular formula is C16H17O. The van der Waals surface area contributed by atoms with E-state index in [-0.39, 0.29) is 0 Å². The second-order valence-corrected chi connectivity index (χ2v) is 4.39. The molecule has 0 bridgehead atoms. The highest BCUT2D eigenvalue weighted by atomic mass is 16.1. The molecule has 2 aromatic rings. The molecule has 0 atom stereocenters. The van der Waals surface area contributed by atoms with Gasteiger partial charge in [0.25, 0.3) is 0 Å². The van der Waals surface area contributed by atoms with Crippen LogP contribution < -0.4 is 0 Å². The maximum absolute atomic E-state index is 10.1. The SMILES string of the molecule is O=[C]CCCCCc1ccc2ccccc2c1. The molecule has 0 saturated heterocycles. The number of rotatable bonds is 6. The molecule has 0 heterocycles. The Morgan fingerprint density at radius 1 is 0.882 bits per heavy atom. The predicted octanol–water partition coefficient (Wildman–Crippen LogP) is 4.05. The Labute approximate surface area is 102 Å². The first-order valence-corrected chi connectivity index (χ1v) is 6.23. The van der Waals surface area contributed by atoms with Crippen molar-refractivity contribution in [3.63, 3.8) is 0 Å². The third-order valence-corrected chi connectivity index (χ3v) is 3.06. The van der Waals surface area contributed by atoms with E-state index in [2.05, 4.69) is 42.5 Å². The van der Waals surface area contributed by atoms with E-state index in [9.17, 15) is 4.79 Å². The van der Waals surface area contributed by atoms with Gasteiger partial charge >= 0.3 is 0 Å². The number of hydrogen-bond acceptors (Lipinski definition) is 1. The van der Waals surface area contributed by atoms with E-state index in [1.165, 1.54) is 16.3 Å². The van der Waals surface area contributed by atoms with Crippen LogP contribution in [0.3, 0.4) is 0 Å². The summed E-state index contributed by atoms with van der Waals surface area (Å²) in [6, 6.07) is 15.1. The summed E-state index contributed by atoms with van der Waals surface area (Å²) in [6.07, 6.45) is 6.86. The minimum absolute atomic E-state index is 0.581. The highest BCUT2D eigenvalue weighted by Crippen LogP contribution is 2.17. The van der Waals surface area contributed by atoms with Gasteiger partial charge in [-0.15, -0.1) is 0 Å². The van der Waals surface area contributed by atoms with E-state index in [0.29, 0.717) is 6.42 Å². The van der Waals surface area contributed by atoms with Crippen LogP contribution in [-0.2, 0) is 11.2 Å². The number of hydrogen-bond donors (Lipinski definition) is 0. The lowest BCUT2D eigenvalue weighted by Gasteiger charge is -2.03. The summed E-state index contributed by atoms with van der Waals surface area (Å²) in [5.74, 6) is 0. The van der Waals surface area contributed by atoms with Crippen LogP contribution in [0.5, 0.6) is 0 Å². The van der Waals surface area contributed by atoms with Gasteiger partial charge in [0, 0.05) is 6.42 Å². The van der Waals surface area contributed by atoms with E-state index in [1.807, 2.05) is 6.29 Å². The summed E-state index contributed by atoms with van der Waals surface area (Å²) in [4.78, 5) is 10.1. The fourth-order valence-corrected chi connectivity index (χ4v) is 2.10. The molecule has 87 valence electrons. The van der Waals surface area contributed by atoms with Crippen LogP contribution in [0.4, 0.5) is 0 Å². The summed E-state index contributed by atoms with van der Waals surface area (Å²) in [7, 11) is 0. The topological polar surface area (TPSA) is 17.1 Å². The molecular weight excluding hydrogens is 208 g/mol. The van der Waals surface area contributed by atoms with Crippen molar-refractivity contribution in [2.75, 3.05) is 0 Å². The summed E-state index contributed by atoms with van der Waals surface area (Å²) in [5.41, 5.74) is 1.39. The molecule has 0 unspecified atom stereocenters. The maximum atomic E-state index is 10.1. The molecule has 0 spiro atoms. The molecule has 0 aliphatic carbocycles. The summed E-state index contributed by atoms with van der Waals surface area (Å²) in [5, 5.41) is 2.61. The Balaban J connectivity index is 1.92. The first kappa shape index (κ1) is 11.8. The molecule has 1 radical (unpaired) electrons. The Hall–Kier alpha value is -1.63. The fraction of sp³-hybridized carbons (Fsp3) is 0.312.